The fraction of sp³-hybridized carbons (Fsp3) is 0.200. The molecule has 1 aromatic rings. The van der Waals surface area contributed by atoms with Crippen LogP contribution in [0, 0.1) is 5.82 Å². The number of amides is 1. The number of halogens is 2. The zero-order chi connectivity index (χ0) is 11.7. The average Bonchev–Trinajstić information content (AvgIpc) is 2.58. The normalized spacial score (nSPS) is 14.9. The first-order valence-corrected chi connectivity index (χ1v) is 5.15. The van der Waals surface area contributed by atoms with Gasteiger partial charge in [0.1, 0.15) is 17.3 Å². The Morgan fingerprint density at radius 3 is 3.06 bits per heavy atom. The van der Waals surface area contributed by atoms with Gasteiger partial charge in [0.25, 0.3) is 0 Å². The van der Waals surface area contributed by atoms with Crippen LogP contribution in [0.5, 0.6) is 0 Å². The van der Waals surface area contributed by atoms with Crippen molar-refractivity contribution in [1.82, 2.24) is 0 Å². The smallest absolute Gasteiger partial charge is 0.228 e. The second-order valence-electron chi connectivity index (χ2n) is 3.42. The molecule has 1 heterocycles. The molecule has 0 radical (unpaired) electrons. The molecule has 0 unspecified atom stereocenters. The van der Waals surface area contributed by atoms with E-state index in [0.717, 1.165) is 0 Å². The van der Waals surface area contributed by atoms with Gasteiger partial charge in [-0.1, -0.05) is 0 Å². The van der Waals surface area contributed by atoms with E-state index in [2.05, 4.69) is 10.3 Å². The first-order valence-electron chi connectivity index (χ1n) is 4.61. The zero-order valence-corrected chi connectivity index (χ0v) is 9.01. The molecule has 0 spiro atoms. The third-order valence-corrected chi connectivity index (χ3v) is 2.47. The molecule has 1 aliphatic rings. The summed E-state index contributed by atoms with van der Waals surface area (Å²) in [6, 6.07) is 2.74. The predicted molar refractivity (Wildman–Crippen MR) is 60.7 cm³/mol. The Hall–Kier alpha value is -1.62. The van der Waals surface area contributed by atoms with Gasteiger partial charge in [-0.25, -0.2) is 9.38 Å². The fourth-order valence-corrected chi connectivity index (χ4v) is 1.56. The van der Waals surface area contributed by atoms with Crippen LogP contribution in [-0.2, 0) is 11.2 Å². The van der Waals surface area contributed by atoms with Crippen molar-refractivity contribution in [3.8, 4) is 0 Å². The molecule has 2 rings (SSSR count). The first-order chi connectivity index (χ1) is 7.60. The van der Waals surface area contributed by atoms with Gasteiger partial charge >= 0.3 is 0 Å². The number of alkyl halides is 1. The Labute approximate surface area is 96.3 Å². The number of amidine groups is 1. The van der Waals surface area contributed by atoms with Crippen molar-refractivity contribution in [2.45, 2.75) is 6.42 Å². The molecule has 0 atom stereocenters. The van der Waals surface area contributed by atoms with E-state index in [9.17, 15) is 9.18 Å². The lowest BCUT2D eigenvalue weighted by Crippen LogP contribution is -2.12. The fourth-order valence-electron chi connectivity index (χ4n) is 1.50. The molecule has 0 fully saturated rings. The maximum Gasteiger partial charge on any atom is 0.228 e. The van der Waals surface area contributed by atoms with Crippen LogP contribution in [-0.4, -0.2) is 17.6 Å². The summed E-state index contributed by atoms with van der Waals surface area (Å²) >= 11 is 5.45. The van der Waals surface area contributed by atoms with Gasteiger partial charge in [-0.05, 0) is 17.7 Å². The summed E-state index contributed by atoms with van der Waals surface area (Å²) in [6.07, 6.45) is 0.196. The lowest BCUT2D eigenvalue weighted by Gasteiger charge is -2.03. The summed E-state index contributed by atoms with van der Waals surface area (Å²) in [5, 5.41) is 2.61. The van der Waals surface area contributed by atoms with Crippen molar-refractivity contribution in [2.24, 2.45) is 10.7 Å². The topological polar surface area (TPSA) is 67.5 Å². The van der Waals surface area contributed by atoms with Crippen molar-refractivity contribution in [1.29, 1.82) is 0 Å². The number of benzene rings is 1. The minimum atomic E-state index is -0.511. The molecular weight excluding hydrogens is 233 g/mol. The van der Waals surface area contributed by atoms with E-state index in [1.54, 1.807) is 0 Å². The zero-order valence-electron chi connectivity index (χ0n) is 8.26. The molecule has 0 aromatic heterocycles. The van der Waals surface area contributed by atoms with E-state index in [-0.39, 0.29) is 29.7 Å². The number of nitrogens with two attached hydrogens (primary N) is 1. The van der Waals surface area contributed by atoms with Crippen LogP contribution in [0.4, 0.5) is 15.8 Å². The second-order valence-corrected chi connectivity index (χ2v) is 3.69. The summed E-state index contributed by atoms with van der Waals surface area (Å²) in [7, 11) is 0. The molecule has 0 saturated heterocycles. The molecule has 84 valence electrons. The van der Waals surface area contributed by atoms with Crippen LogP contribution in [0.1, 0.15) is 5.56 Å². The van der Waals surface area contributed by atoms with Crippen LogP contribution in [0.3, 0.4) is 0 Å². The van der Waals surface area contributed by atoms with E-state index in [1.807, 2.05) is 0 Å². The third kappa shape index (κ3) is 1.99. The van der Waals surface area contributed by atoms with E-state index >= 15 is 0 Å². The highest BCUT2D eigenvalue weighted by Gasteiger charge is 2.19. The van der Waals surface area contributed by atoms with Crippen LogP contribution in [0.2, 0.25) is 0 Å². The molecule has 4 nitrogen and oxygen atoms in total. The van der Waals surface area contributed by atoms with E-state index in [0.29, 0.717) is 11.3 Å². The lowest BCUT2D eigenvalue weighted by atomic mass is 10.1. The monoisotopic (exact) mass is 241 g/mol. The van der Waals surface area contributed by atoms with Gasteiger partial charge in [-0.2, -0.15) is 0 Å². The van der Waals surface area contributed by atoms with E-state index < -0.39 is 5.82 Å². The number of hydrogen-bond acceptors (Lipinski definition) is 2. The minimum Gasteiger partial charge on any atom is -0.386 e. The highest BCUT2D eigenvalue weighted by atomic mass is 35.5. The number of nitrogens with zero attached hydrogens (tertiary/aromatic N) is 1. The number of rotatable bonds is 2. The summed E-state index contributed by atoms with van der Waals surface area (Å²) in [5.41, 5.74) is 6.70. The summed E-state index contributed by atoms with van der Waals surface area (Å²) in [6.45, 7) is 0. The Morgan fingerprint density at radius 1 is 1.62 bits per heavy atom. The Bertz CT molecular complexity index is 487. The van der Waals surface area contributed by atoms with Gasteiger partial charge in [0.05, 0.1) is 12.3 Å². The van der Waals surface area contributed by atoms with Crippen LogP contribution in [0.25, 0.3) is 0 Å². The number of carbonyl (C=O) groups is 1. The Kier molecular flexibility index (Phi) is 2.78. The first kappa shape index (κ1) is 10.9. The van der Waals surface area contributed by atoms with Gasteiger partial charge in [0.15, 0.2) is 0 Å². The SMILES string of the molecule is NC(CCl)=Nc1cc2c(cc1F)CC(=O)N2. The molecule has 0 bridgehead atoms. The Morgan fingerprint density at radius 2 is 2.38 bits per heavy atom. The van der Waals surface area contributed by atoms with Crippen molar-refractivity contribution in [2.75, 3.05) is 11.2 Å². The van der Waals surface area contributed by atoms with Gasteiger partial charge in [-0.15, -0.1) is 11.6 Å². The minimum absolute atomic E-state index is 0.0306. The number of nitrogens with one attached hydrogen (secondary N) is 1. The summed E-state index contributed by atoms with van der Waals surface area (Å²) < 4.78 is 13.5. The highest BCUT2D eigenvalue weighted by Crippen LogP contribution is 2.30. The quantitative estimate of drug-likeness (QED) is 0.469. The molecule has 1 aromatic carbocycles. The summed E-state index contributed by atoms with van der Waals surface area (Å²) in [4.78, 5) is 14.9. The predicted octanol–water partition coefficient (Wildman–Crippen LogP) is 1.55. The molecule has 6 heteroatoms. The lowest BCUT2D eigenvalue weighted by molar-refractivity contribution is -0.115. The largest absolute Gasteiger partial charge is 0.386 e. The van der Waals surface area contributed by atoms with Crippen LogP contribution in [0.15, 0.2) is 17.1 Å². The van der Waals surface area contributed by atoms with Crippen molar-refractivity contribution >= 4 is 34.7 Å². The van der Waals surface area contributed by atoms with Gasteiger partial charge in [-0.3, -0.25) is 4.79 Å². The van der Waals surface area contributed by atoms with Gasteiger partial charge in [0.2, 0.25) is 5.91 Å². The van der Waals surface area contributed by atoms with Crippen LogP contribution < -0.4 is 11.1 Å². The molecule has 0 aliphatic carbocycles. The van der Waals surface area contributed by atoms with Gasteiger partial charge in [0, 0.05) is 5.69 Å². The van der Waals surface area contributed by atoms with E-state index in [4.69, 9.17) is 17.3 Å². The van der Waals surface area contributed by atoms with Crippen molar-refractivity contribution in [3.05, 3.63) is 23.5 Å². The van der Waals surface area contributed by atoms with Crippen LogP contribution >= 0.6 is 11.6 Å². The van der Waals surface area contributed by atoms with Gasteiger partial charge < -0.3 is 11.1 Å². The third-order valence-electron chi connectivity index (χ3n) is 2.20. The molecule has 3 N–H and O–H groups in total. The molecule has 1 aliphatic heterocycles. The van der Waals surface area contributed by atoms with E-state index in [1.165, 1.54) is 12.1 Å². The standard InChI is InChI=1S/C10H9ClFN3O/c11-4-9(13)14-8-3-7-5(1-6(8)12)2-10(16)15-7/h1,3H,2,4H2,(H2,13,14)(H,15,16). The number of carbonyl (C=O) groups excluding carboxylic acids is 1. The molecule has 1 amide bonds. The Balaban J connectivity index is 2.43. The highest BCUT2D eigenvalue weighted by molar-refractivity contribution is 6.28. The number of aliphatic imine (C=N–C) groups is 1. The second kappa shape index (κ2) is 4.09. The molecule has 0 saturated carbocycles. The number of anilines is 1. The maximum atomic E-state index is 13.5. The van der Waals surface area contributed by atoms with Crippen molar-refractivity contribution in [3.63, 3.8) is 0 Å². The summed E-state index contributed by atoms with van der Waals surface area (Å²) in [5.74, 6) is -0.503. The number of fused-ring (bicyclic) bond motifs is 1. The van der Waals surface area contributed by atoms with Crippen molar-refractivity contribution < 1.29 is 9.18 Å². The molecule has 16 heavy (non-hydrogen) atoms. The average molecular weight is 242 g/mol. The number of hydrogen-bond donors (Lipinski definition) is 2. The molecular formula is C10H9ClFN3O. The maximum absolute atomic E-state index is 13.5.